The van der Waals surface area contributed by atoms with Crippen molar-refractivity contribution in [3.05, 3.63) is 0 Å². The number of aliphatic carboxylic acids is 1. The van der Waals surface area contributed by atoms with E-state index < -0.39 is 11.5 Å². The fourth-order valence-electron chi connectivity index (χ4n) is 3.07. The number of amides is 1. The van der Waals surface area contributed by atoms with Crippen LogP contribution >= 0.6 is 0 Å². The lowest BCUT2D eigenvalue weighted by Gasteiger charge is -2.35. The zero-order valence-corrected chi connectivity index (χ0v) is 10.6. The highest BCUT2D eigenvalue weighted by atomic mass is 16.4. The third kappa shape index (κ3) is 1.94. The van der Waals surface area contributed by atoms with Crippen molar-refractivity contribution >= 4 is 11.9 Å². The zero-order chi connectivity index (χ0) is 12.6. The Bertz CT molecular complexity index is 342. The average molecular weight is 239 g/mol. The molecule has 0 aromatic heterocycles. The maximum Gasteiger partial charge on any atom is 0.329 e. The lowest BCUT2D eigenvalue weighted by Crippen LogP contribution is -2.53. The largest absolute Gasteiger partial charge is 0.479 e. The fourth-order valence-corrected chi connectivity index (χ4v) is 3.07. The number of hydrogen-bond donors (Lipinski definition) is 1. The summed E-state index contributed by atoms with van der Waals surface area (Å²) < 4.78 is 0. The molecule has 96 valence electrons. The first-order valence-electron chi connectivity index (χ1n) is 6.58. The quantitative estimate of drug-likeness (QED) is 0.815. The van der Waals surface area contributed by atoms with E-state index >= 15 is 0 Å². The van der Waals surface area contributed by atoms with Crippen LogP contribution in [0.4, 0.5) is 0 Å². The molecule has 3 atom stereocenters. The first kappa shape index (κ1) is 12.4. The maximum absolute atomic E-state index is 12.3. The first-order chi connectivity index (χ1) is 8.03. The van der Waals surface area contributed by atoms with E-state index in [9.17, 15) is 14.7 Å². The van der Waals surface area contributed by atoms with Crippen LogP contribution in [-0.2, 0) is 9.59 Å². The van der Waals surface area contributed by atoms with Crippen molar-refractivity contribution in [1.82, 2.24) is 4.90 Å². The summed E-state index contributed by atoms with van der Waals surface area (Å²) in [5.41, 5.74) is -0.909. The highest BCUT2D eigenvalue weighted by Gasteiger charge is 2.53. The summed E-state index contributed by atoms with van der Waals surface area (Å²) in [5, 5.41) is 9.49. The minimum absolute atomic E-state index is 0.0749. The molecule has 1 amide bonds. The highest BCUT2D eigenvalue weighted by Crippen LogP contribution is 2.43. The van der Waals surface area contributed by atoms with Crippen LogP contribution in [0.3, 0.4) is 0 Å². The van der Waals surface area contributed by atoms with E-state index in [0.717, 1.165) is 19.3 Å². The molecule has 1 N–H and O–H groups in total. The van der Waals surface area contributed by atoms with E-state index in [-0.39, 0.29) is 11.8 Å². The molecule has 2 rings (SSSR count). The van der Waals surface area contributed by atoms with Crippen LogP contribution in [0.25, 0.3) is 0 Å². The summed E-state index contributed by atoms with van der Waals surface area (Å²) in [6.07, 6.45) is 3.74. The van der Waals surface area contributed by atoms with Crippen molar-refractivity contribution in [2.24, 2.45) is 11.8 Å². The second kappa shape index (κ2) is 4.31. The Kier molecular flexibility index (Phi) is 3.15. The fraction of sp³-hybridized carbons (Fsp3) is 0.846. The van der Waals surface area contributed by atoms with Crippen molar-refractivity contribution in [3.63, 3.8) is 0 Å². The molecule has 2 fully saturated rings. The summed E-state index contributed by atoms with van der Waals surface area (Å²) >= 11 is 0. The molecule has 0 spiro atoms. The lowest BCUT2D eigenvalue weighted by atomic mass is 9.90. The SMILES string of the molecule is CCCC1(C(=O)O)CCCN1C(=O)C1CC1C. The standard InChI is InChI=1S/C13H21NO3/c1-3-5-13(12(16)17)6-4-7-14(13)11(15)10-8-9(10)2/h9-10H,3-8H2,1-2H3,(H,16,17). The highest BCUT2D eigenvalue weighted by molar-refractivity contribution is 5.90. The van der Waals surface area contributed by atoms with Crippen LogP contribution in [0.15, 0.2) is 0 Å². The van der Waals surface area contributed by atoms with Crippen molar-refractivity contribution in [2.75, 3.05) is 6.54 Å². The number of carbonyl (C=O) groups is 2. The van der Waals surface area contributed by atoms with Gasteiger partial charge in [0.05, 0.1) is 0 Å². The van der Waals surface area contributed by atoms with E-state index in [2.05, 4.69) is 6.92 Å². The van der Waals surface area contributed by atoms with Gasteiger partial charge in [0.2, 0.25) is 5.91 Å². The van der Waals surface area contributed by atoms with Crippen LogP contribution in [0.1, 0.15) is 46.0 Å². The van der Waals surface area contributed by atoms with Gasteiger partial charge in [-0.25, -0.2) is 4.79 Å². The van der Waals surface area contributed by atoms with Gasteiger partial charge in [-0.1, -0.05) is 20.3 Å². The molecule has 2 aliphatic rings. The van der Waals surface area contributed by atoms with Crippen LogP contribution < -0.4 is 0 Å². The smallest absolute Gasteiger partial charge is 0.329 e. The zero-order valence-electron chi connectivity index (χ0n) is 10.6. The second-order valence-electron chi connectivity index (χ2n) is 5.50. The first-order valence-corrected chi connectivity index (χ1v) is 6.58. The van der Waals surface area contributed by atoms with E-state index in [0.29, 0.717) is 25.3 Å². The monoisotopic (exact) mass is 239 g/mol. The predicted molar refractivity (Wildman–Crippen MR) is 63.5 cm³/mol. The Hall–Kier alpha value is -1.06. The molecule has 3 unspecified atom stereocenters. The van der Waals surface area contributed by atoms with Crippen molar-refractivity contribution in [1.29, 1.82) is 0 Å². The summed E-state index contributed by atoms with van der Waals surface area (Å²) in [5.74, 6) is -0.218. The summed E-state index contributed by atoms with van der Waals surface area (Å²) in [4.78, 5) is 25.5. The van der Waals surface area contributed by atoms with E-state index in [1.54, 1.807) is 4.90 Å². The molecule has 1 aliphatic carbocycles. The van der Waals surface area contributed by atoms with Gasteiger partial charge in [0.1, 0.15) is 5.54 Å². The molecule has 0 aromatic carbocycles. The molecule has 1 aliphatic heterocycles. The predicted octanol–water partition coefficient (Wildman–Crippen LogP) is 1.89. The Balaban J connectivity index is 2.19. The average Bonchev–Trinajstić information content (AvgIpc) is 2.84. The number of hydrogen-bond acceptors (Lipinski definition) is 2. The number of rotatable bonds is 4. The van der Waals surface area contributed by atoms with Gasteiger partial charge in [-0.05, 0) is 31.6 Å². The number of carboxylic acid groups (broad SMARTS) is 1. The number of likely N-dealkylation sites (tertiary alicyclic amines) is 1. The van der Waals surface area contributed by atoms with Gasteiger partial charge in [-0.3, -0.25) is 4.79 Å². The van der Waals surface area contributed by atoms with Gasteiger partial charge in [0.25, 0.3) is 0 Å². The molecule has 1 saturated heterocycles. The van der Waals surface area contributed by atoms with Crippen LogP contribution in [-0.4, -0.2) is 34.0 Å². The van der Waals surface area contributed by atoms with Crippen LogP contribution in [0.5, 0.6) is 0 Å². The second-order valence-corrected chi connectivity index (χ2v) is 5.50. The number of nitrogens with zero attached hydrogens (tertiary/aromatic N) is 1. The lowest BCUT2D eigenvalue weighted by molar-refractivity contribution is -0.157. The molecular formula is C13H21NO3. The van der Waals surface area contributed by atoms with Gasteiger partial charge < -0.3 is 10.0 Å². The number of carboxylic acids is 1. The molecule has 0 radical (unpaired) electrons. The molecule has 0 bridgehead atoms. The van der Waals surface area contributed by atoms with Gasteiger partial charge in [-0.2, -0.15) is 0 Å². The third-order valence-electron chi connectivity index (χ3n) is 4.24. The summed E-state index contributed by atoms with van der Waals surface area (Å²) in [6, 6.07) is 0. The van der Waals surface area contributed by atoms with Crippen molar-refractivity contribution in [2.45, 2.75) is 51.5 Å². The Morgan fingerprint density at radius 2 is 2.12 bits per heavy atom. The molecular weight excluding hydrogens is 218 g/mol. The number of carbonyl (C=O) groups excluding carboxylic acids is 1. The molecule has 4 nitrogen and oxygen atoms in total. The third-order valence-corrected chi connectivity index (χ3v) is 4.24. The van der Waals surface area contributed by atoms with E-state index in [4.69, 9.17) is 0 Å². The van der Waals surface area contributed by atoms with Crippen molar-refractivity contribution in [3.8, 4) is 0 Å². The normalized spacial score (nSPS) is 36.0. The Labute approximate surface area is 102 Å². The molecule has 0 aromatic rings. The van der Waals surface area contributed by atoms with Crippen molar-refractivity contribution < 1.29 is 14.7 Å². The molecule has 4 heteroatoms. The van der Waals surface area contributed by atoms with Gasteiger partial charge in [0, 0.05) is 12.5 Å². The Morgan fingerprint density at radius 1 is 1.47 bits per heavy atom. The molecule has 17 heavy (non-hydrogen) atoms. The van der Waals surface area contributed by atoms with E-state index in [1.165, 1.54) is 0 Å². The minimum Gasteiger partial charge on any atom is -0.479 e. The molecule has 1 heterocycles. The van der Waals surface area contributed by atoms with Crippen LogP contribution in [0.2, 0.25) is 0 Å². The molecule has 1 saturated carbocycles. The minimum atomic E-state index is -0.909. The van der Waals surface area contributed by atoms with Gasteiger partial charge in [-0.15, -0.1) is 0 Å². The summed E-state index contributed by atoms with van der Waals surface area (Å²) in [7, 11) is 0. The Morgan fingerprint density at radius 3 is 2.59 bits per heavy atom. The topological polar surface area (TPSA) is 57.6 Å². The summed E-state index contributed by atoms with van der Waals surface area (Å²) in [6.45, 7) is 4.65. The van der Waals surface area contributed by atoms with Crippen LogP contribution in [0, 0.1) is 11.8 Å². The van der Waals surface area contributed by atoms with Gasteiger partial charge in [0.15, 0.2) is 0 Å². The van der Waals surface area contributed by atoms with E-state index in [1.807, 2.05) is 6.92 Å². The van der Waals surface area contributed by atoms with Gasteiger partial charge >= 0.3 is 5.97 Å². The maximum atomic E-state index is 12.3.